The van der Waals surface area contributed by atoms with E-state index in [4.69, 9.17) is 14.2 Å². The molecule has 11 nitrogen and oxygen atoms in total. The maximum atomic E-state index is 12.5. The van der Waals surface area contributed by atoms with Gasteiger partial charge in [0, 0.05) is 0 Å². The van der Waals surface area contributed by atoms with E-state index in [0.717, 1.165) is 11.8 Å². The SMILES string of the molecule is COc1ccc(S(=O)(=O)/N=C2\NC(=O)C(=Cc3cc(OC)c(OC)cc3[N+](=O)[O-])S2)cc1. The fourth-order valence-corrected chi connectivity index (χ4v) is 4.65. The molecule has 168 valence electrons. The summed E-state index contributed by atoms with van der Waals surface area (Å²) in [5.41, 5.74) is -0.246. The van der Waals surface area contributed by atoms with Crippen LogP contribution in [-0.2, 0) is 14.8 Å². The molecule has 0 aliphatic carbocycles. The molecule has 13 heteroatoms. The minimum Gasteiger partial charge on any atom is -0.497 e. The third-order valence-corrected chi connectivity index (χ3v) is 6.54. The topological polar surface area (TPSA) is 146 Å². The van der Waals surface area contributed by atoms with Crippen molar-refractivity contribution in [2.24, 2.45) is 4.40 Å². The zero-order valence-electron chi connectivity index (χ0n) is 17.0. The van der Waals surface area contributed by atoms with Gasteiger partial charge in [-0.1, -0.05) is 0 Å². The van der Waals surface area contributed by atoms with Crippen LogP contribution in [0.5, 0.6) is 17.2 Å². The monoisotopic (exact) mass is 479 g/mol. The molecule has 1 fully saturated rings. The second-order valence-corrected chi connectivity index (χ2v) is 8.77. The fraction of sp³-hybridized carbons (Fsp3) is 0.158. The van der Waals surface area contributed by atoms with Crippen LogP contribution in [0.1, 0.15) is 5.56 Å². The third kappa shape index (κ3) is 4.84. The van der Waals surface area contributed by atoms with Crippen molar-refractivity contribution < 1.29 is 32.3 Å². The van der Waals surface area contributed by atoms with Crippen molar-refractivity contribution in [3.05, 3.63) is 57.0 Å². The van der Waals surface area contributed by atoms with E-state index in [1.165, 1.54) is 63.8 Å². The van der Waals surface area contributed by atoms with Crippen LogP contribution in [-0.4, -0.2) is 45.7 Å². The Labute approximate surface area is 187 Å². The van der Waals surface area contributed by atoms with Crippen molar-refractivity contribution in [3.8, 4) is 17.2 Å². The van der Waals surface area contributed by atoms with Gasteiger partial charge in [0.05, 0.1) is 47.7 Å². The molecular formula is C19H17N3O8S2. The Morgan fingerprint density at radius 3 is 2.25 bits per heavy atom. The molecular weight excluding hydrogens is 462 g/mol. The van der Waals surface area contributed by atoms with Gasteiger partial charge in [0.25, 0.3) is 21.6 Å². The lowest BCUT2D eigenvalue weighted by Gasteiger charge is -2.08. The lowest BCUT2D eigenvalue weighted by molar-refractivity contribution is -0.385. The number of rotatable bonds is 7. The Morgan fingerprint density at radius 2 is 1.69 bits per heavy atom. The van der Waals surface area contributed by atoms with Crippen LogP contribution in [0.25, 0.3) is 6.08 Å². The molecule has 0 aromatic heterocycles. The molecule has 1 aliphatic heterocycles. The quantitative estimate of drug-likeness (QED) is 0.359. The first-order valence-electron chi connectivity index (χ1n) is 8.79. The molecule has 1 amide bonds. The average molecular weight is 479 g/mol. The lowest BCUT2D eigenvalue weighted by atomic mass is 10.1. The standard InChI is InChI=1S/C19H17N3O8S2/c1-28-12-4-6-13(7-5-12)32(26,27)21-19-20-18(23)17(31-19)9-11-8-15(29-2)16(30-3)10-14(11)22(24)25/h4-10H,1-3H3,(H,20,21,23). The first-order chi connectivity index (χ1) is 15.2. The van der Waals surface area contributed by atoms with Crippen LogP contribution in [0.4, 0.5) is 5.69 Å². The highest BCUT2D eigenvalue weighted by Gasteiger charge is 2.28. The number of carbonyl (C=O) groups is 1. The van der Waals surface area contributed by atoms with Crippen molar-refractivity contribution in [1.82, 2.24) is 5.32 Å². The Bertz CT molecular complexity index is 1240. The molecule has 1 saturated heterocycles. The zero-order valence-corrected chi connectivity index (χ0v) is 18.7. The molecule has 0 atom stereocenters. The molecule has 32 heavy (non-hydrogen) atoms. The number of nitro groups is 1. The van der Waals surface area contributed by atoms with E-state index < -0.39 is 20.9 Å². The van der Waals surface area contributed by atoms with Crippen LogP contribution >= 0.6 is 11.8 Å². The van der Waals surface area contributed by atoms with Crippen molar-refractivity contribution in [3.63, 3.8) is 0 Å². The number of benzene rings is 2. The Hall–Kier alpha value is -3.58. The summed E-state index contributed by atoms with van der Waals surface area (Å²) < 4.78 is 43.9. The van der Waals surface area contributed by atoms with E-state index in [0.29, 0.717) is 5.75 Å². The van der Waals surface area contributed by atoms with Gasteiger partial charge in [-0.2, -0.15) is 8.42 Å². The minimum atomic E-state index is -4.10. The number of amidine groups is 1. The van der Waals surface area contributed by atoms with Crippen molar-refractivity contribution in [2.45, 2.75) is 4.90 Å². The number of carbonyl (C=O) groups excluding carboxylic acids is 1. The molecule has 2 aromatic rings. The number of ether oxygens (including phenoxy) is 3. The highest BCUT2D eigenvalue weighted by atomic mass is 32.2. The summed E-state index contributed by atoms with van der Waals surface area (Å²) in [6, 6.07) is 8.10. The molecule has 0 bridgehead atoms. The van der Waals surface area contributed by atoms with E-state index >= 15 is 0 Å². The van der Waals surface area contributed by atoms with E-state index in [2.05, 4.69) is 9.71 Å². The fourth-order valence-electron chi connectivity index (χ4n) is 2.68. The van der Waals surface area contributed by atoms with Crippen LogP contribution in [0.15, 0.2) is 50.6 Å². The highest BCUT2D eigenvalue weighted by Crippen LogP contribution is 2.37. The van der Waals surface area contributed by atoms with E-state index in [-0.39, 0.29) is 37.7 Å². The van der Waals surface area contributed by atoms with E-state index in [9.17, 15) is 23.3 Å². The van der Waals surface area contributed by atoms with Crippen LogP contribution in [0.3, 0.4) is 0 Å². The maximum Gasteiger partial charge on any atom is 0.284 e. The summed E-state index contributed by atoms with van der Waals surface area (Å²) in [4.78, 5) is 23.1. The van der Waals surface area contributed by atoms with Gasteiger partial charge >= 0.3 is 0 Å². The van der Waals surface area contributed by atoms with Crippen molar-refractivity contribution in [1.29, 1.82) is 0 Å². The number of thioether (sulfide) groups is 1. The maximum absolute atomic E-state index is 12.5. The van der Waals surface area contributed by atoms with Gasteiger partial charge in [0.2, 0.25) is 0 Å². The molecule has 3 rings (SSSR count). The van der Waals surface area contributed by atoms with Crippen LogP contribution in [0.2, 0.25) is 0 Å². The summed E-state index contributed by atoms with van der Waals surface area (Å²) >= 11 is 0.739. The predicted molar refractivity (Wildman–Crippen MR) is 118 cm³/mol. The summed E-state index contributed by atoms with van der Waals surface area (Å²) in [7, 11) is 0.0514. The number of methoxy groups -OCH3 is 3. The summed E-state index contributed by atoms with van der Waals surface area (Å²) in [6.45, 7) is 0. The number of nitrogens with one attached hydrogen (secondary N) is 1. The Kier molecular flexibility index (Phi) is 6.69. The van der Waals surface area contributed by atoms with Gasteiger partial charge < -0.3 is 14.2 Å². The van der Waals surface area contributed by atoms with Gasteiger partial charge in [-0.25, -0.2) is 0 Å². The van der Waals surface area contributed by atoms with Gasteiger partial charge in [0.1, 0.15) is 5.75 Å². The molecule has 2 aromatic carbocycles. The first-order valence-corrected chi connectivity index (χ1v) is 11.0. The molecule has 0 spiro atoms. The van der Waals surface area contributed by atoms with E-state index in [1.807, 2.05) is 0 Å². The van der Waals surface area contributed by atoms with Crippen molar-refractivity contribution >= 4 is 44.6 Å². The molecule has 1 aliphatic rings. The highest BCUT2D eigenvalue weighted by molar-refractivity contribution is 8.19. The van der Waals surface area contributed by atoms with Crippen LogP contribution < -0.4 is 19.5 Å². The smallest absolute Gasteiger partial charge is 0.284 e. The Balaban J connectivity index is 1.95. The molecule has 0 radical (unpaired) electrons. The average Bonchev–Trinajstić information content (AvgIpc) is 3.10. The number of nitrogens with zero attached hydrogens (tertiary/aromatic N) is 2. The minimum absolute atomic E-state index is 0.0176. The number of sulfonamides is 1. The number of hydrogen-bond acceptors (Lipinski definition) is 9. The number of nitro benzene ring substituents is 1. The largest absolute Gasteiger partial charge is 0.497 e. The van der Waals surface area contributed by atoms with Crippen LogP contribution in [0, 0.1) is 10.1 Å². The normalized spacial score (nSPS) is 16.2. The van der Waals surface area contributed by atoms with E-state index in [1.54, 1.807) is 0 Å². The summed E-state index contributed by atoms with van der Waals surface area (Å²) in [5.74, 6) is 0.201. The summed E-state index contributed by atoms with van der Waals surface area (Å²) in [6.07, 6.45) is 1.25. The zero-order chi connectivity index (χ0) is 23.5. The lowest BCUT2D eigenvalue weighted by Crippen LogP contribution is -2.20. The molecule has 1 heterocycles. The molecule has 0 saturated carbocycles. The van der Waals surface area contributed by atoms with Gasteiger partial charge in [0.15, 0.2) is 16.7 Å². The van der Waals surface area contributed by atoms with Gasteiger partial charge in [-0.15, -0.1) is 4.40 Å². The van der Waals surface area contributed by atoms with Gasteiger partial charge in [-0.05, 0) is 48.2 Å². The third-order valence-electron chi connectivity index (χ3n) is 4.23. The molecule has 0 unspecified atom stereocenters. The number of amides is 1. The van der Waals surface area contributed by atoms with Gasteiger partial charge in [-0.3, -0.25) is 20.2 Å². The Morgan fingerprint density at radius 1 is 1.06 bits per heavy atom. The number of hydrogen-bond donors (Lipinski definition) is 1. The predicted octanol–water partition coefficient (Wildman–Crippen LogP) is 2.57. The second-order valence-electron chi connectivity index (χ2n) is 6.13. The first kappa shape index (κ1) is 23.1. The summed E-state index contributed by atoms with van der Waals surface area (Å²) in [5, 5.41) is 13.6. The second kappa shape index (κ2) is 9.28. The molecule has 1 N–H and O–H groups in total. The van der Waals surface area contributed by atoms with Crippen molar-refractivity contribution in [2.75, 3.05) is 21.3 Å².